The lowest BCUT2D eigenvalue weighted by molar-refractivity contribution is -0.00399. The summed E-state index contributed by atoms with van der Waals surface area (Å²) in [6.07, 6.45) is 5.59. The van der Waals surface area contributed by atoms with Crippen molar-refractivity contribution in [1.29, 1.82) is 0 Å². The molecule has 4 saturated carbocycles. The summed E-state index contributed by atoms with van der Waals surface area (Å²) in [6.45, 7) is 0. The van der Waals surface area contributed by atoms with E-state index in [1.165, 1.54) is 42.8 Å². The Bertz CT molecular complexity index is 1610. The lowest BCUT2D eigenvalue weighted by Gasteiger charge is -2.54. The molecule has 4 bridgehead atoms. The van der Waals surface area contributed by atoms with Crippen LogP contribution < -0.4 is 31.4 Å². The Morgan fingerprint density at radius 3 is 1.28 bits per heavy atom. The minimum Gasteiger partial charge on any atom is -0.454 e. The molecule has 8 rings (SSSR count). The van der Waals surface area contributed by atoms with Crippen molar-refractivity contribution in [2.24, 2.45) is 23.7 Å². The second-order valence-corrected chi connectivity index (χ2v) is 12.2. The predicted octanol–water partition coefficient (Wildman–Crippen LogP) is 8.77. The second kappa shape index (κ2) is 10.6. The van der Waals surface area contributed by atoms with Crippen LogP contribution in [0.3, 0.4) is 0 Å². The minimum atomic E-state index is -0.663. The second-order valence-electron chi connectivity index (χ2n) is 12.2. The number of halogens is 3. The van der Waals surface area contributed by atoms with Crippen LogP contribution in [0.15, 0.2) is 66.7 Å². The normalized spacial score (nSPS) is 23.7. The molecule has 0 unspecified atom stereocenters. The highest BCUT2D eigenvalue weighted by Crippen LogP contribution is 2.63. The summed E-state index contributed by atoms with van der Waals surface area (Å²) in [5.74, 6) is 0.791. The van der Waals surface area contributed by atoms with E-state index >= 15 is 8.78 Å². The third kappa shape index (κ3) is 5.28. The average Bonchev–Trinajstić information content (AvgIpc) is 2.94. The molecule has 0 aromatic heterocycles. The number of anilines is 3. The molecule has 4 fully saturated rings. The van der Waals surface area contributed by atoms with Gasteiger partial charge in [-0.3, -0.25) is 0 Å². The van der Waals surface area contributed by atoms with Crippen LogP contribution in [0.5, 0.6) is 34.5 Å². The van der Waals surface area contributed by atoms with Crippen molar-refractivity contribution in [2.45, 2.75) is 38.0 Å². The van der Waals surface area contributed by atoms with E-state index < -0.39 is 17.5 Å². The number of benzene rings is 4. The predicted molar refractivity (Wildman–Crippen MR) is 159 cm³/mol. The van der Waals surface area contributed by atoms with Gasteiger partial charge in [0.05, 0.1) is 0 Å². The van der Waals surface area contributed by atoms with Gasteiger partial charge in [0, 0.05) is 53.0 Å². The van der Waals surface area contributed by atoms with Gasteiger partial charge < -0.3 is 31.4 Å². The Morgan fingerprint density at radius 2 is 0.884 bits per heavy atom. The molecule has 4 aromatic rings. The largest absolute Gasteiger partial charge is 0.454 e. The Balaban J connectivity index is 1.40. The zero-order valence-electron chi connectivity index (χ0n) is 23.4. The van der Waals surface area contributed by atoms with Gasteiger partial charge in [0.1, 0.15) is 17.2 Å². The minimum absolute atomic E-state index is 0.0359. The number of rotatable bonds is 7. The lowest BCUT2D eigenvalue weighted by Crippen LogP contribution is -2.43. The van der Waals surface area contributed by atoms with E-state index in [9.17, 15) is 4.39 Å². The monoisotopic (exact) mass is 587 g/mol. The summed E-state index contributed by atoms with van der Waals surface area (Å²) < 4.78 is 63.5. The van der Waals surface area contributed by atoms with Crippen LogP contribution in [0.1, 0.15) is 43.6 Å². The molecule has 0 heterocycles. The maximum atomic E-state index is 15.1. The molecular formula is C34H32F3N3O3. The van der Waals surface area contributed by atoms with Gasteiger partial charge in [-0.2, -0.15) is 0 Å². The summed E-state index contributed by atoms with van der Waals surface area (Å²) in [4.78, 5) is 0. The molecule has 4 aromatic carbocycles. The molecule has 0 saturated heterocycles. The first kappa shape index (κ1) is 27.3. The fraction of sp³-hybridized carbons (Fsp3) is 0.294. The van der Waals surface area contributed by atoms with Crippen LogP contribution in [-0.4, -0.2) is 0 Å². The molecule has 0 aliphatic heterocycles. The van der Waals surface area contributed by atoms with Gasteiger partial charge in [-0.25, -0.2) is 13.2 Å². The van der Waals surface area contributed by atoms with E-state index in [0.29, 0.717) is 40.7 Å². The molecule has 0 radical (unpaired) electrons. The van der Waals surface area contributed by atoms with E-state index in [0.717, 1.165) is 31.7 Å². The molecule has 4 aliphatic rings. The van der Waals surface area contributed by atoms with Gasteiger partial charge in [-0.05, 0) is 98.1 Å². The maximum absolute atomic E-state index is 15.1. The molecule has 222 valence electrons. The van der Waals surface area contributed by atoms with Gasteiger partial charge in [-0.15, -0.1) is 0 Å². The first-order chi connectivity index (χ1) is 20.7. The number of ether oxygens (including phenoxy) is 3. The topological polar surface area (TPSA) is 106 Å². The fourth-order valence-corrected chi connectivity index (χ4v) is 7.69. The summed E-state index contributed by atoms with van der Waals surface area (Å²) in [6, 6.07) is 15.7. The summed E-state index contributed by atoms with van der Waals surface area (Å²) >= 11 is 0. The van der Waals surface area contributed by atoms with Crippen LogP contribution in [0.2, 0.25) is 0 Å². The first-order valence-electron chi connectivity index (χ1n) is 14.6. The molecule has 6 nitrogen and oxygen atoms in total. The smallest absolute Gasteiger partial charge is 0.167 e. The zero-order valence-corrected chi connectivity index (χ0v) is 23.4. The average molecular weight is 588 g/mol. The maximum Gasteiger partial charge on any atom is 0.167 e. The van der Waals surface area contributed by atoms with Gasteiger partial charge in [0.15, 0.2) is 34.7 Å². The summed E-state index contributed by atoms with van der Waals surface area (Å²) in [5, 5.41) is 0. The van der Waals surface area contributed by atoms with E-state index in [1.807, 2.05) is 0 Å². The number of nitrogens with two attached hydrogens (primary N) is 3. The Hall–Kier alpha value is -4.53. The van der Waals surface area contributed by atoms with E-state index in [1.54, 1.807) is 24.3 Å². The standard InChI is InChI=1S/C34H32F3N3O3/c35-25-12-21(38)1-4-28(25)41-24-15-31(42-29-5-2-22(39)13-26(29)36)34(32(16-24)43-30-6-3-23(40)14-27(30)37)33-19-8-17-7-18(10-19)11-20(33)9-17/h1-6,12-20,33H,7-11,38-40H2. The van der Waals surface area contributed by atoms with Crippen LogP contribution >= 0.6 is 0 Å². The Labute approximate surface area is 247 Å². The highest BCUT2D eigenvalue weighted by Gasteiger charge is 2.50. The van der Waals surface area contributed by atoms with Crippen molar-refractivity contribution in [1.82, 2.24) is 0 Å². The van der Waals surface area contributed by atoms with Crippen molar-refractivity contribution in [3.8, 4) is 34.5 Å². The van der Waals surface area contributed by atoms with Crippen molar-refractivity contribution in [2.75, 3.05) is 17.2 Å². The van der Waals surface area contributed by atoms with Crippen LogP contribution in [0, 0.1) is 41.1 Å². The van der Waals surface area contributed by atoms with E-state index in [4.69, 9.17) is 31.4 Å². The molecule has 0 amide bonds. The lowest BCUT2D eigenvalue weighted by atomic mass is 9.50. The van der Waals surface area contributed by atoms with Crippen molar-refractivity contribution in [3.05, 3.63) is 89.7 Å². The number of hydrogen-bond donors (Lipinski definition) is 3. The molecular weight excluding hydrogens is 555 g/mol. The third-order valence-corrected chi connectivity index (χ3v) is 9.17. The fourth-order valence-electron chi connectivity index (χ4n) is 7.69. The van der Waals surface area contributed by atoms with Crippen LogP contribution in [0.25, 0.3) is 0 Å². The number of hydrogen-bond acceptors (Lipinski definition) is 6. The highest BCUT2D eigenvalue weighted by molar-refractivity contribution is 5.58. The van der Waals surface area contributed by atoms with Crippen LogP contribution in [-0.2, 0) is 0 Å². The van der Waals surface area contributed by atoms with Crippen molar-refractivity contribution in [3.63, 3.8) is 0 Å². The van der Waals surface area contributed by atoms with Gasteiger partial charge in [-0.1, -0.05) is 0 Å². The highest BCUT2D eigenvalue weighted by atomic mass is 19.1. The quantitative estimate of drug-likeness (QED) is 0.187. The van der Waals surface area contributed by atoms with E-state index in [-0.39, 0.29) is 46.0 Å². The molecule has 4 aliphatic carbocycles. The molecule has 9 heteroatoms. The van der Waals surface area contributed by atoms with Gasteiger partial charge >= 0.3 is 0 Å². The Morgan fingerprint density at radius 1 is 0.488 bits per heavy atom. The van der Waals surface area contributed by atoms with Crippen molar-refractivity contribution < 1.29 is 27.4 Å². The summed E-state index contributed by atoms with van der Waals surface area (Å²) in [5.41, 5.74) is 18.8. The van der Waals surface area contributed by atoms with E-state index in [2.05, 4.69) is 0 Å². The molecule has 43 heavy (non-hydrogen) atoms. The molecule has 0 atom stereocenters. The third-order valence-electron chi connectivity index (χ3n) is 9.17. The summed E-state index contributed by atoms with van der Waals surface area (Å²) in [7, 11) is 0. The van der Waals surface area contributed by atoms with Crippen LogP contribution in [0.4, 0.5) is 30.2 Å². The van der Waals surface area contributed by atoms with Gasteiger partial charge in [0.25, 0.3) is 0 Å². The molecule has 0 spiro atoms. The molecule has 6 N–H and O–H groups in total. The Kier molecular flexibility index (Phi) is 6.75. The SMILES string of the molecule is Nc1ccc(Oc2cc(Oc3ccc(N)cc3F)c(C3C4CC5CC(C4)CC3C5)c(Oc3ccc(N)cc3F)c2)c(F)c1. The zero-order chi connectivity index (χ0) is 29.8. The van der Waals surface area contributed by atoms with Crippen molar-refractivity contribution >= 4 is 17.1 Å². The number of nitrogen functional groups attached to an aromatic ring is 3. The van der Waals surface area contributed by atoms with Gasteiger partial charge in [0.2, 0.25) is 0 Å². The first-order valence-corrected chi connectivity index (χ1v) is 14.6.